The van der Waals surface area contributed by atoms with E-state index in [1.54, 1.807) is 7.11 Å². The third-order valence-corrected chi connectivity index (χ3v) is 5.76. The van der Waals surface area contributed by atoms with E-state index in [0.717, 1.165) is 12.8 Å². The molecule has 0 spiro atoms. The lowest BCUT2D eigenvalue weighted by Gasteiger charge is -2.27. The Morgan fingerprint density at radius 1 is 1.57 bits per heavy atom. The fourth-order valence-corrected chi connectivity index (χ4v) is 4.01. The Balaban J connectivity index is 2.22. The Hall–Kier alpha value is -0.960. The molecule has 1 aliphatic rings. The molecule has 0 radical (unpaired) electrons. The SMILES string of the molecule is COCCN(C(C)C1CC1)S(=O)(=O)c1cnn(CCO)c1. The standard InChI is InChI=1S/C13H23N3O4S/c1-11(12-3-4-12)16(6-8-20-2)21(18,19)13-9-14-15(10-13)5-7-17/h9-12,17H,3-8H2,1-2H3. The van der Waals surface area contributed by atoms with Crippen molar-refractivity contribution < 1.29 is 18.3 Å². The van der Waals surface area contributed by atoms with Crippen LogP contribution in [0.4, 0.5) is 0 Å². The molecule has 1 unspecified atom stereocenters. The van der Waals surface area contributed by atoms with E-state index in [1.165, 1.54) is 21.4 Å². The molecule has 1 fully saturated rings. The van der Waals surface area contributed by atoms with E-state index < -0.39 is 10.0 Å². The van der Waals surface area contributed by atoms with Crippen molar-refractivity contribution in [1.29, 1.82) is 0 Å². The van der Waals surface area contributed by atoms with Crippen LogP contribution in [0.5, 0.6) is 0 Å². The summed E-state index contributed by atoms with van der Waals surface area (Å²) in [5, 5.41) is 12.9. The summed E-state index contributed by atoms with van der Waals surface area (Å²) in [7, 11) is -2.03. The van der Waals surface area contributed by atoms with E-state index in [1.807, 2.05) is 6.92 Å². The molecule has 0 amide bonds. The van der Waals surface area contributed by atoms with Crippen molar-refractivity contribution in [2.45, 2.75) is 37.2 Å². The van der Waals surface area contributed by atoms with Crippen LogP contribution in [0.1, 0.15) is 19.8 Å². The van der Waals surface area contributed by atoms with E-state index >= 15 is 0 Å². The highest BCUT2D eigenvalue weighted by Gasteiger charge is 2.38. The lowest BCUT2D eigenvalue weighted by molar-refractivity contribution is 0.164. The van der Waals surface area contributed by atoms with Gasteiger partial charge in [-0.05, 0) is 25.7 Å². The second-order valence-corrected chi connectivity index (χ2v) is 7.24. The molecule has 1 saturated carbocycles. The number of methoxy groups -OCH3 is 1. The van der Waals surface area contributed by atoms with Crippen LogP contribution in [-0.4, -0.2) is 60.5 Å². The first-order valence-electron chi connectivity index (χ1n) is 7.14. The lowest BCUT2D eigenvalue weighted by atomic mass is 10.2. The van der Waals surface area contributed by atoms with Gasteiger partial charge in [-0.3, -0.25) is 4.68 Å². The Labute approximate surface area is 125 Å². The number of nitrogens with zero attached hydrogens (tertiary/aromatic N) is 3. The molecule has 21 heavy (non-hydrogen) atoms. The molecule has 1 heterocycles. The highest BCUT2D eigenvalue weighted by Crippen LogP contribution is 2.36. The van der Waals surface area contributed by atoms with Crippen LogP contribution in [0.2, 0.25) is 0 Å². The average molecular weight is 317 g/mol. The molecule has 0 saturated heterocycles. The van der Waals surface area contributed by atoms with Gasteiger partial charge in [0.2, 0.25) is 10.0 Å². The molecule has 8 heteroatoms. The Morgan fingerprint density at radius 2 is 2.29 bits per heavy atom. The fraction of sp³-hybridized carbons (Fsp3) is 0.769. The maximum absolute atomic E-state index is 12.8. The zero-order valence-corrected chi connectivity index (χ0v) is 13.3. The van der Waals surface area contributed by atoms with Crippen molar-refractivity contribution in [2.75, 3.05) is 26.9 Å². The van der Waals surface area contributed by atoms with Crippen LogP contribution in [0.3, 0.4) is 0 Å². The van der Waals surface area contributed by atoms with Gasteiger partial charge in [0.15, 0.2) is 0 Å². The fourth-order valence-electron chi connectivity index (χ4n) is 2.38. The molecule has 1 N–H and O–H groups in total. The van der Waals surface area contributed by atoms with Crippen molar-refractivity contribution in [3.8, 4) is 0 Å². The van der Waals surface area contributed by atoms with Gasteiger partial charge in [0.05, 0.1) is 26.0 Å². The van der Waals surface area contributed by atoms with Crippen LogP contribution in [-0.2, 0) is 21.3 Å². The van der Waals surface area contributed by atoms with Gasteiger partial charge in [0.1, 0.15) is 4.90 Å². The summed E-state index contributed by atoms with van der Waals surface area (Å²) in [5.41, 5.74) is 0. The summed E-state index contributed by atoms with van der Waals surface area (Å²) >= 11 is 0. The van der Waals surface area contributed by atoms with Crippen molar-refractivity contribution in [1.82, 2.24) is 14.1 Å². The van der Waals surface area contributed by atoms with Crippen LogP contribution in [0, 0.1) is 5.92 Å². The smallest absolute Gasteiger partial charge is 0.246 e. The van der Waals surface area contributed by atoms with Crippen LogP contribution >= 0.6 is 0 Å². The third-order valence-electron chi connectivity index (χ3n) is 3.82. The number of hydrogen-bond acceptors (Lipinski definition) is 5. The van der Waals surface area contributed by atoms with Gasteiger partial charge in [-0.15, -0.1) is 0 Å². The van der Waals surface area contributed by atoms with E-state index in [2.05, 4.69) is 5.10 Å². The normalized spacial score (nSPS) is 17.3. The molecule has 1 aliphatic carbocycles. The van der Waals surface area contributed by atoms with Crippen LogP contribution in [0.25, 0.3) is 0 Å². The molecule has 0 bridgehead atoms. The van der Waals surface area contributed by atoms with Crippen LogP contribution in [0.15, 0.2) is 17.3 Å². The largest absolute Gasteiger partial charge is 0.394 e. The topological polar surface area (TPSA) is 84.7 Å². The Morgan fingerprint density at radius 3 is 2.86 bits per heavy atom. The summed E-state index contributed by atoms with van der Waals surface area (Å²) in [5.74, 6) is 0.434. The first kappa shape index (κ1) is 16.4. The molecule has 1 aromatic rings. The highest BCUT2D eigenvalue weighted by molar-refractivity contribution is 7.89. The maximum atomic E-state index is 12.8. The van der Waals surface area contributed by atoms with Crippen molar-refractivity contribution in [3.05, 3.63) is 12.4 Å². The van der Waals surface area contributed by atoms with Crippen molar-refractivity contribution >= 4 is 10.0 Å². The summed E-state index contributed by atoms with van der Waals surface area (Å²) in [6, 6.07) is -0.0358. The number of aliphatic hydroxyl groups excluding tert-OH is 1. The van der Waals surface area contributed by atoms with E-state index in [-0.39, 0.29) is 24.1 Å². The van der Waals surface area contributed by atoms with E-state index in [4.69, 9.17) is 9.84 Å². The predicted octanol–water partition coefficient (Wildman–Crippen LogP) is 0.311. The predicted molar refractivity (Wildman–Crippen MR) is 77.3 cm³/mol. The van der Waals surface area contributed by atoms with Gasteiger partial charge in [-0.25, -0.2) is 8.42 Å². The third kappa shape index (κ3) is 3.82. The van der Waals surface area contributed by atoms with Gasteiger partial charge in [-0.1, -0.05) is 0 Å². The summed E-state index contributed by atoms with van der Waals surface area (Å²) in [6.07, 6.45) is 4.95. The maximum Gasteiger partial charge on any atom is 0.246 e. The van der Waals surface area contributed by atoms with Crippen molar-refractivity contribution in [3.63, 3.8) is 0 Å². The summed E-state index contributed by atoms with van der Waals surface area (Å²) in [6.45, 7) is 2.85. The molecule has 2 rings (SSSR count). The number of aliphatic hydroxyl groups is 1. The Bertz CT molecular complexity index is 554. The van der Waals surface area contributed by atoms with Crippen LogP contribution < -0.4 is 0 Å². The first-order valence-corrected chi connectivity index (χ1v) is 8.58. The molecule has 1 atom stereocenters. The lowest BCUT2D eigenvalue weighted by Crippen LogP contribution is -2.41. The van der Waals surface area contributed by atoms with Gasteiger partial charge in [-0.2, -0.15) is 9.40 Å². The van der Waals surface area contributed by atoms with E-state index in [9.17, 15) is 8.42 Å². The minimum atomic E-state index is -3.59. The molecular weight excluding hydrogens is 294 g/mol. The number of hydrogen-bond donors (Lipinski definition) is 1. The molecular formula is C13H23N3O4S. The highest BCUT2D eigenvalue weighted by atomic mass is 32.2. The summed E-state index contributed by atoms with van der Waals surface area (Å²) in [4.78, 5) is 0.166. The Kier molecular flexibility index (Phi) is 5.37. The average Bonchev–Trinajstić information content (AvgIpc) is 3.19. The monoisotopic (exact) mass is 317 g/mol. The molecule has 7 nitrogen and oxygen atoms in total. The van der Waals surface area contributed by atoms with Gasteiger partial charge in [0, 0.05) is 25.9 Å². The quantitative estimate of drug-likeness (QED) is 0.708. The van der Waals surface area contributed by atoms with Crippen molar-refractivity contribution in [2.24, 2.45) is 5.92 Å². The number of rotatable bonds is 9. The molecule has 0 aromatic carbocycles. The van der Waals surface area contributed by atoms with Gasteiger partial charge in [0.25, 0.3) is 0 Å². The van der Waals surface area contributed by atoms with E-state index in [0.29, 0.717) is 19.1 Å². The molecule has 0 aliphatic heterocycles. The molecule has 120 valence electrons. The second kappa shape index (κ2) is 6.87. The second-order valence-electron chi connectivity index (χ2n) is 5.35. The summed E-state index contributed by atoms with van der Waals surface area (Å²) < 4.78 is 33.5. The first-order chi connectivity index (χ1) is 10.0. The molecule has 1 aromatic heterocycles. The van der Waals surface area contributed by atoms with Gasteiger partial charge < -0.3 is 9.84 Å². The minimum absolute atomic E-state index is 0.0358. The zero-order chi connectivity index (χ0) is 15.5. The zero-order valence-electron chi connectivity index (χ0n) is 12.5. The number of sulfonamides is 1. The van der Waals surface area contributed by atoms with Gasteiger partial charge >= 0.3 is 0 Å². The minimum Gasteiger partial charge on any atom is -0.394 e. The number of ether oxygens (including phenoxy) is 1. The number of aromatic nitrogens is 2.